The number of halogens is 1. The zero-order valence-electron chi connectivity index (χ0n) is 11.5. The molecule has 0 atom stereocenters. The van der Waals surface area contributed by atoms with Crippen LogP contribution in [0.25, 0.3) is 0 Å². The van der Waals surface area contributed by atoms with E-state index in [1.165, 1.54) is 24.8 Å². The lowest BCUT2D eigenvalue weighted by Gasteiger charge is -2.31. The Hall–Kier alpha value is -1.06. The van der Waals surface area contributed by atoms with E-state index >= 15 is 0 Å². The van der Waals surface area contributed by atoms with Gasteiger partial charge in [-0.1, -0.05) is 30.3 Å². The van der Waals surface area contributed by atoms with Gasteiger partial charge in [-0.25, -0.2) is 4.98 Å². The van der Waals surface area contributed by atoms with E-state index in [1.807, 2.05) is 0 Å². The minimum absolute atomic E-state index is 0.515. The van der Waals surface area contributed by atoms with Crippen LogP contribution in [0.1, 0.15) is 24.1 Å². The molecular formula is C16H19ClN2S. The third kappa shape index (κ3) is 3.33. The molecular weight excluding hydrogens is 288 g/mol. The van der Waals surface area contributed by atoms with Gasteiger partial charge in [0.15, 0.2) is 5.13 Å². The Bertz CT molecular complexity index is 532. The van der Waals surface area contributed by atoms with Crippen LogP contribution >= 0.6 is 22.9 Å². The van der Waals surface area contributed by atoms with Gasteiger partial charge < -0.3 is 4.90 Å². The fourth-order valence-electron chi connectivity index (χ4n) is 2.78. The van der Waals surface area contributed by atoms with Crippen LogP contribution in [0, 0.1) is 5.92 Å². The summed E-state index contributed by atoms with van der Waals surface area (Å²) in [5, 5.41) is 3.21. The monoisotopic (exact) mass is 306 g/mol. The standard InChI is InChI=1S/C16H19ClN2S/c17-11-15-12-20-16(18-15)19-8-6-14(7-9-19)10-13-4-2-1-3-5-13/h1-5,12,14H,6-11H2. The molecule has 2 aromatic rings. The number of piperidine rings is 1. The first-order chi connectivity index (χ1) is 9.85. The number of aromatic nitrogens is 1. The molecule has 106 valence electrons. The minimum atomic E-state index is 0.515. The van der Waals surface area contributed by atoms with Gasteiger partial charge in [0.05, 0.1) is 11.6 Å². The van der Waals surface area contributed by atoms with Gasteiger partial charge in [0.2, 0.25) is 0 Å². The fraction of sp³-hybridized carbons (Fsp3) is 0.438. The maximum atomic E-state index is 5.82. The predicted octanol–water partition coefficient (Wildman–Crippen LogP) is 4.34. The lowest BCUT2D eigenvalue weighted by atomic mass is 9.90. The van der Waals surface area contributed by atoms with E-state index in [9.17, 15) is 0 Å². The zero-order valence-corrected chi connectivity index (χ0v) is 13.0. The highest BCUT2D eigenvalue weighted by Crippen LogP contribution is 2.28. The Labute approximate surface area is 129 Å². The van der Waals surface area contributed by atoms with Crippen LogP contribution < -0.4 is 4.90 Å². The largest absolute Gasteiger partial charge is 0.348 e. The molecule has 2 heterocycles. The van der Waals surface area contributed by atoms with Crippen LogP contribution in [0.3, 0.4) is 0 Å². The van der Waals surface area contributed by atoms with Crippen LogP contribution in [0.5, 0.6) is 0 Å². The number of anilines is 1. The second-order valence-electron chi connectivity index (χ2n) is 5.38. The molecule has 0 spiro atoms. The molecule has 1 aromatic carbocycles. The molecule has 1 saturated heterocycles. The molecule has 3 rings (SSSR count). The molecule has 0 N–H and O–H groups in total. The summed E-state index contributed by atoms with van der Waals surface area (Å²) in [6, 6.07) is 10.8. The summed E-state index contributed by atoms with van der Waals surface area (Å²) >= 11 is 7.53. The SMILES string of the molecule is ClCc1csc(N2CCC(Cc3ccccc3)CC2)n1. The molecule has 1 fully saturated rings. The summed E-state index contributed by atoms with van der Waals surface area (Å²) in [4.78, 5) is 6.98. The van der Waals surface area contributed by atoms with E-state index in [2.05, 4.69) is 45.6 Å². The Balaban J connectivity index is 1.54. The van der Waals surface area contributed by atoms with Crippen molar-refractivity contribution in [2.45, 2.75) is 25.1 Å². The topological polar surface area (TPSA) is 16.1 Å². The first kappa shape index (κ1) is 13.9. The van der Waals surface area contributed by atoms with Crippen LogP contribution in [0.4, 0.5) is 5.13 Å². The van der Waals surface area contributed by atoms with E-state index in [1.54, 1.807) is 11.3 Å². The fourth-order valence-corrected chi connectivity index (χ4v) is 3.89. The maximum Gasteiger partial charge on any atom is 0.185 e. The first-order valence-electron chi connectivity index (χ1n) is 7.14. The van der Waals surface area contributed by atoms with Crippen molar-refractivity contribution in [2.24, 2.45) is 5.92 Å². The van der Waals surface area contributed by atoms with Crippen molar-refractivity contribution >= 4 is 28.1 Å². The molecule has 0 aliphatic carbocycles. The molecule has 0 bridgehead atoms. The van der Waals surface area contributed by atoms with Gasteiger partial charge in [-0.2, -0.15) is 0 Å². The summed E-state index contributed by atoms with van der Waals surface area (Å²) in [5.74, 6) is 1.32. The van der Waals surface area contributed by atoms with Crippen molar-refractivity contribution in [2.75, 3.05) is 18.0 Å². The molecule has 2 nitrogen and oxygen atoms in total. The highest BCUT2D eigenvalue weighted by Gasteiger charge is 2.21. The Morgan fingerprint density at radius 2 is 1.95 bits per heavy atom. The second-order valence-corrected chi connectivity index (χ2v) is 6.48. The molecule has 1 aliphatic heterocycles. The van der Waals surface area contributed by atoms with Gasteiger partial charge in [0, 0.05) is 18.5 Å². The molecule has 20 heavy (non-hydrogen) atoms. The number of hydrogen-bond acceptors (Lipinski definition) is 3. The van der Waals surface area contributed by atoms with E-state index < -0.39 is 0 Å². The molecule has 1 aromatic heterocycles. The predicted molar refractivity (Wildman–Crippen MR) is 86.8 cm³/mol. The number of nitrogens with zero attached hydrogens (tertiary/aromatic N) is 2. The number of thiazole rings is 1. The summed E-state index contributed by atoms with van der Waals surface area (Å²) in [6.45, 7) is 2.24. The Morgan fingerprint density at radius 1 is 1.20 bits per heavy atom. The smallest absolute Gasteiger partial charge is 0.185 e. The molecule has 0 radical (unpaired) electrons. The zero-order chi connectivity index (χ0) is 13.8. The van der Waals surface area contributed by atoms with Gasteiger partial charge in [0.1, 0.15) is 0 Å². The van der Waals surface area contributed by atoms with Gasteiger partial charge in [-0.05, 0) is 30.7 Å². The molecule has 0 saturated carbocycles. The molecule has 0 unspecified atom stereocenters. The number of hydrogen-bond donors (Lipinski definition) is 0. The normalized spacial score (nSPS) is 16.6. The number of benzene rings is 1. The van der Waals surface area contributed by atoms with Crippen molar-refractivity contribution in [1.82, 2.24) is 4.98 Å². The Morgan fingerprint density at radius 3 is 2.60 bits per heavy atom. The van der Waals surface area contributed by atoms with Gasteiger partial charge in [0.25, 0.3) is 0 Å². The quantitative estimate of drug-likeness (QED) is 0.781. The Kier molecular flexibility index (Phi) is 4.58. The van der Waals surface area contributed by atoms with Crippen molar-refractivity contribution in [3.8, 4) is 0 Å². The summed E-state index contributed by atoms with van der Waals surface area (Å²) < 4.78 is 0. The first-order valence-corrected chi connectivity index (χ1v) is 8.56. The number of alkyl halides is 1. The summed E-state index contributed by atoms with van der Waals surface area (Å²) in [6.07, 6.45) is 3.72. The summed E-state index contributed by atoms with van der Waals surface area (Å²) in [7, 11) is 0. The van der Waals surface area contributed by atoms with Gasteiger partial charge >= 0.3 is 0 Å². The van der Waals surface area contributed by atoms with E-state index in [0.29, 0.717) is 5.88 Å². The maximum absolute atomic E-state index is 5.82. The lowest BCUT2D eigenvalue weighted by molar-refractivity contribution is 0.403. The second kappa shape index (κ2) is 6.59. The van der Waals surface area contributed by atoms with E-state index in [4.69, 9.17) is 11.6 Å². The van der Waals surface area contributed by atoms with Gasteiger partial charge in [-0.15, -0.1) is 22.9 Å². The minimum Gasteiger partial charge on any atom is -0.348 e. The van der Waals surface area contributed by atoms with Crippen molar-refractivity contribution in [1.29, 1.82) is 0 Å². The molecule has 1 aliphatic rings. The molecule has 4 heteroatoms. The van der Waals surface area contributed by atoms with E-state index in [-0.39, 0.29) is 0 Å². The van der Waals surface area contributed by atoms with Crippen molar-refractivity contribution in [3.63, 3.8) is 0 Å². The van der Waals surface area contributed by atoms with Crippen LogP contribution in [0.15, 0.2) is 35.7 Å². The average Bonchev–Trinajstić information content (AvgIpc) is 2.98. The van der Waals surface area contributed by atoms with Crippen LogP contribution in [-0.2, 0) is 12.3 Å². The number of rotatable bonds is 4. The summed E-state index contributed by atoms with van der Waals surface area (Å²) in [5.41, 5.74) is 2.46. The average molecular weight is 307 g/mol. The van der Waals surface area contributed by atoms with Gasteiger partial charge in [-0.3, -0.25) is 0 Å². The highest BCUT2D eigenvalue weighted by atomic mass is 35.5. The highest BCUT2D eigenvalue weighted by molar-refractivity contribution is 7.13. The van der Waals surface area contributed by atoms with E-state index in [0.717, 1.165) is 29.8 Å². The lowest BCUT2D eigenvalue weighted by Crippen LogP contribution is -2.34. The van der Waals surface area contributed by atoms with Crippen molar-refractivity contribution < 1.29 is 0 Å². The molecule has 0 amide bonds. The van der Waals surface area contributed by atoms with Crippen LogP contribution in [0.2, 0.25) is 0 Å². The van der Waals surface area contributed by atoms with Crippen LogP contribution in [-0.4, -0.2) is 18.1 Å². The van der Waals surface area contributed by atoms with Crippen molar-refractivity contribution in [3.05, 3.63) is 47.0 Å². The third-order valence-electron chi connectivity index (χ3n) is 3.93. The third-order valence-corrected chi connectivity index (χ3v) is 5.15.